The molecule has 17 heavy (non-hydrogen) atoms. The van der Waals surface area contributed by atoms with Crippen LogP contribution >= 0.6 is 11.6 Å². The molecule has 0 bridgehead atoms. The Hall–Kier alpha value is -0.620. The molecule has 0 spiro atoms. The van der Waals surface area contributed by atoms with Crippen molar-refractivity contribution in [2.24, 2.45) is 0 Å². The molecule has 1 heterocycles. The molecule has 0 aliphatic carbocycles. The van der Waals surface area contributed by atoms with E-state index in [0.717, 1.165) is 0 Å². The Morgan fingerprint density at radius 1 is 1.65 bits per heavy atom. The van der Waals surface area contributed by atoms with Crippen LogP contribution in [0, 0.1) is 0 Å². The standard InChI is InChI=1S/C11H20ClN3O2/c1-11(16,4-5-13-2)10-9(12)8-14-15(10)6-7-17-3/h8,13,16H,4-7H2,1-3H3. The minimum absolute atomic E-state index is 0.488. The third kappa shape index (κ3) is 3.67. The first-order chi connectivity index (χ1) is 8.03. The lowest BCUT2D eigenvalue weighted by molar-refractivity contribution is 0.0376. The van der Waals surface area contributed by atoms with Crippen molar-refractivity contribution in [3.8, 4) is 0 Å². The zero-order chi connectivity index (χ0) is 12.9. The maximum atomic E-state index is 10.4. The zero-order valence-corrected chi connectivity index (χ0v) is 11.3. The highest BCUT2D eigenvalue weighted by molar-refractivity contribution is 6.31. The van der Waals surface area contributed by atoms with Gasteiger partial charge in [-0.2, -0.15) is 5.10 Å². The molecule has 0 fully saturated rings. The van der Waals surface area contributed by atoms with E-state index in [1.165, 1.54) is 0 Å². The summed E-state index contributed by atoms with van der Waals surface area (Å²) in [5, 5.41) is 18.1. The summed E-state index contributed by atoms with van der Waals surface area (Å²) in [6.07, 6.45) is 2.13. The van der Waals surface area contributed by atoms with Gasteiger partial charge in [0.25, 0.3) is 0 Å². The summed E-state index contributed by atoms with van der Waals surface area (Å²) >= 11 is 6.08. The van der Waals surface area contributed by atoms with Gasteiger partial charge < -0.3 is 15.2 Å². The Bertz CT molecular complexity index is 352. The van der Waals surface area contributed by atoms with Crippen molar-refractivity contribution in [1.29, 1.82) is 0 Å². The van der Waals surface area contributed by atoms with Crippen molar-refractivity contribution in [3.05, 3.63) is 16.9 Å². The minimum Gasteiger partial charge on any atom is -0.384 e. The summed E-state index contributed by atoms with van der Waals surface area (Å²) < 4.78 is 6.70. The van der Waals surface area contributed by atoms with Gasteiger partial charge in [0, 0.05) is 7.11 Å². The fraction of sp³-hybridized carbons (Fsp3) is 0.727. The second kappa shape index (κ2) is 6.35. The molecule has 1 unspecified atom stereocenters. The highest BCUT2D eigenvalue weighted by Gasteiger charge is 2.29. The lowest BCUT2D eigenvalue weighted by atomic mass is 9.98. The van der Waals surface area contributed by atoms with E-state index in [0.29, 0.717) is 36.8 Å². The van der Waals surface area contributed by atoms with Crippen molar-refractivity contribution >= 4 is 11.6 Å². The van der Waals surface area contributed by atoms with Gasteiger partial charge in [0.05, 0.1) is 30.1 Å². The van der Waals surface area contributed by atoms with Crippen molar-refractivity contribution in [2.75, 3.05) is 27.3 Å². The average molecular weight is 262 g/mol. The molecule has 1 aromatic rings. The minimum atomic E-state index is -0.996. The van der Waals surface area contributed by atoms with Gasteiger partial charge in [-0.15, -0.1) is 0 Å². The van der Waals surface area contributed by atoms with Crippen LogP contribution in [0.5, 0.6) is 0 Å². The molecule has 0 aliphatic rings. The second-order valence-corrected chi connectivity index (χ2v) is 4.59. The molecular weight excluding hydrogens is 242 g/mol. The first-order valence-corrected chi connectivity index (χ1v) is 5.98. The number of aromatic nitrogens is 2. The van der Waals surface area contributed by atoms with Crippen LogP contribution in [0.4, 0.5) is 0 Å². The SMILES string of the molecule is CNCCC(C)(O)c1c(Cl)cnn1CCOC. The smallest absolute Gasteiger partial charge is 0.106 e. The third-order valence-corrected chi connectivity index (χ3v) is 2.95. The molecule has 1 atom stereocenters. The highest BCUT2D eigenvalue weighted by Crippen LogP contribution is 2.30. The van der Waals surface area contributed by atoms with Crippen molar-refractivity contribution in [3.63, 3.8) is 0 Å². The van der Waals surface area contributed by atoms with E-state index in [-0.39, 0.29) is 0 Å². The lowest BCUT2D eigenvalue weighted by Crippen LogP contribution is -2.30. The van der Waals surface area contributed by atoms with Crippen molar-refractivity contribution in [2.45, 2.75) is 25.5 Å². The lowest BCUT2D eigenvalue weighted by Gasteiger charge is -2.25. The van der Waals surface area contributed by atoms with Gasteiger partial charge in [-0.3, -0.25) is 4.68 Å². The van der Waals surface area contributed by atoms with E-state index >= 15 is 0 Å². The second-order valence-electron chi connectivity index (χ2n) is 4.18. The quantitative estimate of drug-likeness (QED) is 0.769. The van der Waals surface area contributed by atoms with E-state index in [1.807, 2.05) is 7.05 Å². The van der Waals surface area contributed by atoms with Gasteiger partial charge in [0.1, 0.15) is 5.60 Å². The van der Waals surface area contributed by atoms with E-state index in [1.54, 1.807) is 24.9 Å². The molecule has 5 nitrogen and oxygen atoms in total. The van der Waals surface area contributed by atoms with Crippen LogP contribution in [0.1, 0.15) is 19.0 Å². The van der Waals surface area contributed by atoms with E-state index in [4.69, 9.17) is 16.3 Å². The van der Waals surface area contributed by atoms with E-state index in [9.17, 15) is 5.11 Å². The number of halogens is 1. The molecule has 1 aromatic heterocycles. The molecule has 6 heteroatoms. The summed E-state index contributed by atoms with van der Waals surface area (Å²) in [5.41, 5.74) is -0.351. The van der Waals surface area contributed by atoms with E-state index < -0.39 is 5.60 Å². The maximum Gasteiger partial charge on any atom is 0.106 e. The monoisotopic (exact) mass is 261 g/mol. The molecule has 0 amide bonds. The van der Waals surface area contributed by atoms with Crippen LogP contribution in [0.25, 0.3) is 0 Å². The average Bonchev–Trinajstić information content (AvgIpc) is 2.66. The predicted molar refractivity (Wildman–Crippen MR) is 67.2 cm³/mol. The number of nitrogens with one attached hydrogen (secondary N) is 1. The van der Waals surface area contributed by atoms with E-state index in [2.05, 4.69) is 10.4 Å². The molecular formula is C11H20ClN3O2. The Kier molecular flexibility index (Phi) is 5.39. The molecule has 0 radical (unpaired) electrons. The largest absolute Gasteiger partial charge is 0.384 e. The highest BCUT2D eigenvalue weighted by atomic mass is 35.5. The number of aliphatic hydroxyl groups is 1. The summed E-state index contributed by atoms with van der Waals surface area (Å²) in [6, 6.07) is 0. The Morgan fingerprint density at radius 3 is 2.94 bits per heavy atom. The fourth-order valence-corrected chi connectivity index (χ4v) is 2.08. The topological polar surface area (TPSA) is 59.3 Å². The van der Waals surface area contributed by atoms with Crippen LogP contribution < -0.4 is 5.32 Å². The van der Waals surface area contributed by atoms with Crippen LogP contribution in [0.3, 0.4) is 0 Å². The molecule has 1 rings (SSSR count). The van der Waals surface area contributed by atoms with Crippen LogP contribution in [-0.4, -0.2) is 42.2 Å². The van der Waals surface area contributed by atoms with Crippen LogP contribution in [-0.2, 0) is 16.9 Å². The number of methoxy groups -OCH3 is 1. The van der Waals surface area contributed by atoms with Crippen molar-refractivity contribution in [1.82, 2.24) is 15.1 Å². The van der Waals surface area contributed by atoms with Gasteiger partial charge in [-0.1, -0.05) is 11.6 Å². The summed E-state index contributed by atoms with van der Waals surface area (Å²) in [4.78, 5) is 0. The number of hydrogen-bond donors (Lipinski definition) is 2. The van der Waals surface area contributed by atoms with Crippen molar-refractivity contribution < 1.29 is 9.84 Å². The number of nitrogens with zero attached hydrogens (tertiary/aromatic N) is 2. The molecule has 0 saturated heterocycles. The van der Waals surface area contributed by atoms with Crippen LogP contribution in [0.15, 0.2) is 6.20 Å². The number of ether oxygens (including phenoxy) is 1. The summed E-state index contributed by atoms with van der Waals surface area (Å²) in [7, 11) is 3.48. The van der Waals surface area contributed by atoms with Gasteiger partial charge in [-0.05, 0) is 26.9 Å². The molecule has 0 aromatic carbocycles. The third-order valence-electron chi connectivity index (χ3n) is 2.67. The molecule has 2 N–H and O–H groups in total. The Balaban J connectivity index is 2.89. The summed E-state index contributed by atoms with van der Waals surface area (Å²) in [5.74, 6) is 0. The fourth-order valence-electron chi connectivity index (χ4n) is 1.73. The number of hydrogen-bond acceptors (Lipinski definition) is 4. The maximum absolute atomic E-state index is 10.4. The molecule has 0 saturated carbocycles. The van der Waals surface area contributed by atoms with Crippen LogP contribution in [0.2, 0.25) is 5.02 Å². The Morgan fingerprint density at radius 2 is 2.35 bits per heavy atom. The van der Waals surface area contributed by atoms with Gasteiger partial charge in [0.15, 0.2) is 0 Å². The number of rotatable bonds is 7. The normalized spacial score (nSPS) is 14.9. The zero-order valence-electron chi connectivity index (χ0n) is 10.5. The first-order valence-electron chi connectivity index (χ1n) is 5.60. The molecule has 98 valence electrons. The Labute approximate surface area is 107 Å². The van der Waals surface area contributed by atoms with Gasteiger partial charge >= 0.3 is 0 Å². The molecule has 0 aliphatic heterocycles. The van der Waals surface area contributed by atoms with Gasteiger partial charge in [0.2, 0.25) is 0 Å². The first kappa shape index (κ1) is 14.4. The van der Waals surface area contributed by atoms with Gasteiger partial charge in [-0.25, -0.2) is 0 Å². The predicted octanol–water partition coefficient (Wildman–Crippen LogP) is 1.000. The summed E-state index contributed by atoms with van der Waals surface area (Å²) in [6.45, 7) is 3.57.